The van der Waals surface area contributed by atoms with E-state index in [4.69, 9.17) is 0 Å². The van der Waals surface area contributed by atoms with Crippen LogP contribution in [0.3, 0.4) is 0 Å². The van der Waals surface area contributed by atoms with Gasteiger partial charge in [-0.1, -0.05) is 0 Å². The molecular formula is C6H4Cl2F8O. The van der Waals surface area contributed by atoms with Gasteiger partial charge in [0.25, 0.3) is 0 Å². The summed E-state index contributed by atoms with van der Waals surface area (Å²) >= 11 is 9.02. The Balaban J connectivity index is 5.27. The molecule has 0 heterocycles. The predicted molar refractivity (Wildman–Crippen MR) is 42.3 cm³/mol. The van der Waals surface area contributed by atoms with Crippen molar-refractivity contribution in [2.45, 2.75) is 24.1 Å². The van der Waals surface area contributed by atoms with Gasteiger partial charge in [-0.15, -0.1) is 23.2 Å². The Morgan fingerprint density at radius 2 is 0.882 bits per heavy atom. The third-order valence-electron chi connectivity index (χ3n) is 1.51. The smallest absolute Gasteiger partial charge is 0.292 e. The average molecular weight is 315 g/mol. The van der Waals surface area contributed by atoms with E-state index in [1.54, 1.807) is 0 Å². The summed E-state index contributed by atoms with van der Waals surface area (Å²) < 4.78 is 101. The van der Waals surface area contributed by atoms with Crippen molar-refractivity contribution in [1.29, 1.82) is 0 Å². The maximum absolute atomic E-state index is 13.0. The van der Waals surface area contributed by atoms with Crippen LogP contribution in [-0.2, 0) is 4.74 Å². The Morgan fingerprint density at radius 1 is 0.647 bits per heavy atom. The summed E-state index contributed by atoms with van der Waals surface area (Å²) in [6.45, 7) is 0. The molecule has 2 atom stereocenters. The van der Waals surface area contributed by atoms with E-state index in [1.807, 2.05) is 0 Å². The third kappa shape index (κ3) is 3.47. The van der Waals surface area contributed by atoms with Crippen LogP contribution in [0.1, 0.15) is 0 Å². The van der Waals surface area contributed by atoms with Crippen LogP contribution in [0.25, 0.3) is 0 Å². The average Bonchev–Trinajstić information content (AvgIpc) is 2.13. The van der Waals surface area contributed by atoms with E-state index < -0.39 is 35.8 Å². The second-order valence-electron chi connectivity index (χ2n) is 2.82. The molecule has 0 aliphatic carbocycles. The Bertz CT molecular complexity index is 240. The van der Waals surface area contributed by atoms with E-state index in [0.29, 0.717) is 0 Å². The number of ether oxygens (including phenoxy) is 1. The zero-order chi connectivity index (χ0) is 14.1. The Labute approximate surface area is 99.6 Å². The lowest BCUT2D eigenvalue weighted by Gasteiger charge is -2.34. The summed E-state index contributed by atoms with van der Waals surface area (Å²) in [6.07, 6.45) is -11.9. The quantitative estimate of drug-likeness (QED) is 0.564. The SMILES string of the molecule is FC(F)(F)C(F)(CCl)OC(F)(CCl)C(F)(F)F. The molecule has 0 fully saturated rings. The van der Waals surface area contributed by atoms with Gasteiger partial charge in [-0.3, -0.25) is 4.74 Å². The summed E-state index contributed by atoms with van der Waals surface area (Å²) in [5.41, 5.74) is 0. The van der Waals surface area contributed by atoms with Crippen LogP contribution in [0.4, 0.5) is 35.1 Å². The van der Waals surface area contributed by atoms with Gasteiger partial charge >= 0.3 is 24.1 Å². The predicted octanol–water partition coefficient (Wildman–Crippen LogP) is 3.94. The van der Waals surface area contributed by atoms with Crippen LogP contribution in [-0.4, -0.2) is 35.8 Å². The molecule has 0 radical (unpaired) electrons. The molecule has 0 aromatic rings. The first kappa shape index (κ1) is 17.0. The highest BCUT2D eigenvalue weighted by molar-refractivity contribution is 6.19. The van der Waals surface area contributed by atoms with Crippen molar-refractivity contribution in [3.8, 4) is 0 Å². The first-order chi connectivity index (χ1) is 7.33. The summed E-state index contributed by atoms with van der Waals surface area (Å²) in [5, 5.41) is 0. The van der Waals surface area contributed by atoms with Crippen LogP contribution in [0.15, 0.2) is 0 Å². The van der Waals surface area contributed by atoms with Gasteiger partial charge in [0.05, 0.1) is 11.8 Å². The fraction of sp³-hybridized carbons (Fsp3) is 1.00. The summed E-state index contributed by atoms with van der Waals surface area (Å²) in [7, 11) is 0. The molecule has 104 valence electrons. The number of alkyl halides is 10. The minimum Gasteiger partial charge on any atom is -0.292 e. The molecule has 0 spiro atoms. The minimum absolute atomic E-state index is 2.07. The highest BCUT2D eigenvalue weighted by atomic mass is 35.5. The van der Waals surface area contributed by atoms with Gasteiger partial charge < -0.3 is 0 Å². The van der Waals surface area contributed by atoms with Crippen molar-refractivity contribution in [1.82, 2.24) is 0 Å². The molecule has 0 aliphatic rings. The molecule has 0 rings (SSSR count). The van der Waals surface area contributed by atoms with Gasteiger partial charge in [0.1, 0.15) is 0 Å². The molecule has 1 nitrogen and oxygen atoms in total. The maximum atomic E-state index is 13.0. The lowest BCUT2D eigenvalue weighted by molar-refractivity contribution is -0.420. The zero-order valence-corrected chi connectivity index (χ0v) is 9.11. The fourth-order valence-corrected chi connectivity index (χ4v) is 0.990. The molecule has 0 saturated carbocycles. The molecule has 0 aliphatic heterocycles. The van der Waals surface area contributed by atoms with Gasteiger partial charge in [-0.05, 0) is 0 Å². The van der Waals surface area contributed by atoms with Crippen molar-refractivity contribution < 1.29 is 39.9 Å². The number of hydrogen-bond donors (Lipinski definition) is 0. The highest BCUT2D eigenvalue weighted by Crippen LogP contribution is 2.45. The van der Waals surface area contributed by atoms with Gasteiger partial charge in [0.2, 0.25) is 0 Å². The molecule has 0 amide bonds. The van der Waals surface area contributed by atoms with E-state index in [1.165, 1.54) is 0 Å². The van der Waals surface area contributed by atoms with Crippen LogP contribution >= 0.6 is 23.2 Å². The van der Waals surface area contributed by atoms with Crippen LogP contribution in [0, 0.1) is 0 Å². The topological polar surface area (TPSA) is 9.23 Å². The molecule has 11 heteroatoms. The van der Waals surface area contributed by atoms with Crippen LogP contribution in [0.5, 0.6) is 0 Å². The Kier molecular flexibility index (Phi) is 4.92. The molecule has 0 N–H and O–H groups in total. The number of hydrogen-bond acceptors (Lipinski definition) is 1. The molecule has 0 aromatic carbocycles. The van der Waals surface area contributed by atoms with Gasteiger partial charge in [0.15, 0.2) is 0 Å². The monoisotopic (exact) mass is 314 g/mol. The van der Waals surface area contributed by atoms with E-state index in [9.17, 15) is 35.1 Å². The first-order valence-corrected chi connectivity index (χ1v) is 4.73. The van der Waals surface area contributed by atoms with Crippen molar-refractivity contribution in [3.63, 3.8) is 0 Å². The van der Waals surface area contributed by atoms with Crippen LogP contribution in [0.2, 0.25) is 0 Å². The third-order valence-corrected chi connectivity index (χ3v) is 2.20. The van der Waals surface area contributed by atoms with Gasteiger partial charge in [0, 0.05) is 0 Å². The summed E-state index contributed by atoms with van der Waals surface area (Å²) in [4.78, 5) is 0. The van der Waals surface area contributed by atoms with Gasteiger partial charge in [-0.25, -0.2) is 8.78 Å². The largest absolute Gasteiger partial charge is 0.449 e. The molecule has 17 heavy (non-hydrogen) atoms. The van der Waals surface area contributed by atoms with E-state index in [2.05, 4.69) is 27.9 Å². The highest BCUT2D eigenvalue weighted by Gasteiger charge is 2.67. The van der Waals surface area contributed by atoms with Crippen molar-refractivity contribution >= 4 is 23.2 Å². The van der Waals surface area contributed by atoms with Crippen LogP contribution < -0.4 is 0 Å². The summed E-state index contributed by atoms with van der Waals surface area (Å²) in [6, 6.07) is 0. The normalized spacial score (nSPS) is 20.8. The van der Waals surface area contributed by atoms with Crippen molar-refractivity contribution in [2.24, 2.45) is 0 Å². The lowest BCUT2D eigenvalue weighted by Crippen LogP contribution is -2.56. The van der Waals surface area contributed by atoms with E-state index >= 15 is 0 Å². The zero-order valence-electron chi connectivity index (χ0n) is 7.60. The number of halogens is 10. The molecule has 0 aromatic heterocycles. The fourth-order valence-electron chi connectivity index (χ4n) is 0.578. The summed E-state index contributed by atoms with van der Waals surface area (Å²) in [5.74, 6) is -14.1. The Morgan fingerprint density at radius 3 is 1.00 bits per heavy atom. The maximum Gasteiger partial charge on any atom is 0.449 e. The van der Waals surface area contributed by atoms with Crippen molar-refractivity contribution in [3.05, 3.63) is 0 Å². The number of rotatable bonds is 4. The van der Waals surface area contributed by atoms with E-state index in [-0.39, 0.29) is 0 Å². The van der Waals surface area contributed by atoms with E-state index in [0.717, 1.165) is 0 Å². The standard InChI is InChI=1S/C6H4Cl2F8O/c7-1-3(9,5(11,12)13)17-4(10,2-8)6(14,15)16/h1-2H2. The first-order valence-electron chi connectivity index (χ1n) is 3.66. The molecule has 2 unspecified atom stereocenters. The minimum atomic E-state index is -5.94. The second-order valence-corrected chi connectivity index (χ2v) is 3.36. The Hall–Kier alpha value is -0.0200. The molecule has 0 saturated heterocycles. The van der Waals surface area contributed by atoms with Crippen molar-refractivity contribution in [2.75, 3.05) is 11.8 Å². The van der Waals surface area contributed by atoms with Gasteiger partial charge in [-0.2, -0.15) is 26.3 Å². The second kappa shape index (κ2) is 4.93. The lowest BCUT2D eigenvalue weighted by atomic mass is 10.3. The molecular weight excluding hydrogens is 311 g/mol. The molecule has 0 bridgehead atoms.